The molecule has 0 saturated carbocycles. The van der Waals surface area contributed by atoms with E-state index in [-0.39, 0.29) is 0 Å². The number of anilines is 1. The van der Waals surface area contributed by atoms with Crippen molar-refractivity contribution in [1.82, 2.24) is 15.1 Å². The molecule has 1 aliphatic rings. The Morgan fingerprint density at radius 2 is 2.35 bits per heavy atom. The summed E-state index contributed by atoms with van der Waals surface area (Å²) < 4.78 is 5.25. The second kappa shape index (κ2) is 4.37. The molecule has 1 unspecified atom stereocenters. The van der Waals surface area contributed by atoms with E-state index < -0.39 is 0 Å². The Labute approximate surface area is 103 Å². The largest absolute Gasteiger partial charge is 0.397 e. The smallest absolute Gasteiger partial charge is 0.259 e. The molecule has 88 valence electrons. The van der Waals surface area contributed by atoms with Gasteiger partial charge in [0.1, 0.15) is 0 Å². The fraction of sp³-hybridized carbons (Fsp3) is 0.364. The van der Waals surface area contributed by atoms with Crippen LogP contribution in [0.5, 0.6) is 0 Å². The van der Waals surface area contributed by atoms with Crippen molar-refractivity contribution in [2.45, 2.75) is 18.1 Å². The summed E-state index contributed by atoms with van der Waals surface area (Å²) in [6.45, 7) is 0. The van der Waals surface area contributed by atoms with Crippen LogP contribution < -0.4 is 5.73 Å². The fourth-order valence-electron chi connectivity index (χ4n) is 1.84. The minimum atomic E-state index is 0.376. The van der Waals surface area contributed by atoms with Gasteiger partial charge in [0.2, 0.25) is 0 Å². The summed E-state index contributed by atoms with van der Waals surface area (Å²) in [6, 6.07) is 1.78. The number of hydrogen-bond donors (Lipinski definition) is 1. The van der Waals surface area contributed by atoms with Crippen LogP contribution in [0.3, 0.4) is 0 Å². The molecular formula is C11H12N4OS. The first-order chi connectivity index (χ1) is 8.33. The van der Waals surface area contributed by atoms with Gasteiger partial charge in [-0.25, -0.2) is 0 Å². The summed E-state index contributed by atoms with van der Waals surface area (Å²) in [5, 5.41) is 4.41. The Balaban J connectivity index is 1.89. The lowest BCUT2D eigenvalue weighted by Gasteiger charge is -1.99. The minimum Gasteiger partial charge on any atom is -0.397 e. The first kappa shape index (κ1) is 10.6. The van der Waals surface area contributed by atoms with Crippen molar-refractivity contribution in [3.05, 3.63) is 24.3 Å². The van der Waals surface area contributed by atoms with E-state index in [0.29, 0.717) is 16.8 Å². The van der Waals surface area contributed by atoms with Crippen molar-refractivity contribution >= 4 is 17.4 Å². The SMILES string of the molecule is Nc1cncc(-c2nc(C3CCCS3)no2)c1. The monoisotopic (exact) mass is 248 g/mol. The van der Waals surface area contributed by atoms with Crippen LogP contribution >= 0.6 is 11.8 Å². The van der Waals surface area contributed by atoms with Gasteiger partial charge in [-0.3, -0.25) is 4.98 Å². The van der Waals surface area contributed by atoms with Crippen molar-refractivity contribution < 1.29 is 4.52 Å². The third-order valence-corrected chi connectivity index (χ3v) is 4.04. The van der Waals surface area contributed by atoms with E-state index in [9.17, 15) is 0 Å². The summed E-state index contributed by atoms with van der Waals surface area (Å²) in [5.74, 6) is 2.45. The van der Waals surface area contributed by atoms with E-state index in [2.05, 4.69) is 15.1 Å². The molecule has 6 heteroatoms. The molecule has 1 fully saturated rings. The fourth-order valence-corrected chi connectivity index (χ4v) is 3.03. The molecule has 0 aliphatic carbocycles. The average molecular weight is 248 g/mol. The van der Waals surface area contributed by atoms with Crippen LogP contribution in [0.1, 0.15) is 23.9 Å². The van der Waals surface area contributed by atoms with E-state index >= 15 is 0 Å². The zero-order valence-electron chi connectivity index (χ0n) is 9.17. The predicted octanol–water partition coefficient (Wildman–Crippen LogP) is 2.28. The van der Waals surface area contributed by atoms with E-state index in [4.69, 9.17) is 10.3 Å². The van der Waals surface area contributed by atoms with Crippen LogP contribution in [0.25, 0.3) is 11.5 Å². The molecule has 2 aromatic heterocycles. The van der Waals surface area contributed by atoms with Crippen LogP contribution in [-0.4, -0.2) is 20.9 Å². The summed E-state index contributed by atoms with van der Waals surface area (Å²) in [7, 11) is 0. The van der Waals surface area contributed by atoms with Gasteiger partial charge < -0.3 is 10.3 Å². The Morgan fingerprint density at radius 1 is 1.41 bits per heavy atom. The molecule has 1 saturated heterocycles. The van der Waals surface area contributed by atoms with Crippen molar-refractivity contribution in [1.29, 1.82) is 0 Å². The van der Waals surface area contributed by atoms with Gasteiger partial charge in [0.05, 0.1) is 16.5 Å². The van der Waals surface area contributed by atoms with Gasteiger partial charge in [-0.2, -0.15) is 16.7 Å². The van der Waals surface area contributed by atoms with Gasteiger partial charge in [0.25, 0.3) is 5.89 Å². The molecule has 1 atom stereocenters. The Bertz CT molecular complexity index is 522. The van der Waals surface area contributed by atoms with Crippen LogP contribution in [0.15, 0.2) is 23.0 Å². The van der Waals surface area contributed by atoms with E-state index in [1.807, 2.05) is 11.8 Å². The molecule has 3 rings (SSSR count). The molecule has 0 amide bonds. The van der Waals surface area contributed by atoms with Gasteiger partial charge in [-0.15, -0.1) is 0 Å². The van der Waals surface area contributed by atoms with Crippen molar-refractivity contribution in [2.75, 3.05) is 11.5 Å². The lowest BCUT2D eigenvalue weighted by Crippen LogP contribution is -1.91. The predicted molar refractivity (Wildman–Crippen MR) is 66.4 cm³/mol. The van der Waals surface area contributed by atoms with E-state index in [1.165, 1.54) is 12.2 Å². The number of aromatic nitrogens is 3. The van der Waals surface area contributed by atoms with Gasteiger partial charge in [-0.1, -0.05) is 5.16 Å². The van der Waals surface area contributed by atoms with Crippen LogP contribution in [0, 0.1) is 0 Å². The topological polar surface area (TPSA) is 77.8 Å². The molecule has 3 heterocycles. The first-order valence-corrected chi connectivity index (χ1v) is 6.54. The van der Waals surface area contributed by atoms with Crippen molar-refractivity contribution in [2.24, 2.45) is 0 Å². The zero-order chi connectivity index (χ0) is 11.7. The van der Waals surface area contributed by atoms with Gasteiger partial charge in [0, 0.05) is 12.4 Å². The highest BCUT2D eigenvalue weighted by molar-refractivity contribution is 7.99. The summed E-state index contributed by atoms with van der Waals surface area (Å²) in [5.41, 5.74) is 7.03. The Morgan fingerprint density at radius 3 is 3.12 bits per heavy atom. The number of rotatable bonds is 2. The second-order valence-electron chi connectivity index (χ2n) is 3.97. The summed E-state index contributed by atoms with van der Waals surface area (Å²) >= 11 is 1.88. The number of nitrogens with zero attached hydrogens (tertiary/aromatic N) is 3. The number of thioether (sulfide) groups is 1. The first-order valence-electron chi connectivity index (χ1n) is 5.49. The maximum Gasteiger partial charge on any atom is 0.259 e. The normalized spacial score (nSPS) is 19.6. The Kier molecular flexibility index (Phi) is 2.72. The van der Waals surface area contributed by atoms with Gasteiger partial charge >= 0.3 is 0 Å². The molecule has 0 spiro atoms. The van der Waals surface area contributed by atoms with Crippen LogP contribution in [-0.2, 0) is 0 Å². The molecule has 17 heavy (non-hydrogen) atoms. The lowest BCUT2D eigenvalue weighted by atomic mass is 10.2. The highest BCUT2D eigenvalue weighted by Gasteiger charge is 2.23. The standard InChI is InChI=1S/C11H12N4OS/c12-8-4-7(5-13-6-8)11-14-10(15-16-11)9-2-1-3-17-9/h4-6,9H,1-3,12H2. The molecular weight excluding hydrogens is 236 g/mol. The van der Waals surface area contributed by atoms with Crippen LogP contribution in [0.4, 0.5) is 5.69 Å². The molecule has 2 aromatic rings. The number of nitrogens with two attached hydrogens (primary N) is 1. The second-order valence-corrected chi connectivity index (χ2v) is 5.28. The van der Waals surface area contributed by atoms with E-state index in [1.54, 1.807) is 18.5 Å². The van der Waals surface area contributed by atoms with Crippen molar-refractivity contribution in [3.63, 3.8) is 0 Å². The minimum absolute atomic E-state index is 0.376. The molecule has 0 aromatic carbocycles. The molecule has 0 bridgehead atoms. The number of hydrogen-bond acceptors (Lipinski definition) is 6. The molecule has 2 N–H and O–H groups in total. The summed E-state index contributed by atoms with van der Waals surface area (Å²) in [6.07, 6.45) is 5.61. The zero-order valence-corrected chi connectivity index (χ0v) is 9.98. The quantitative estimate of drug-likeness (QED) is 0.878. The molecule has 1 aliphatic heterocycles. The van der Waals surface area contributed by atoms with Crippen LogP contribution in [0.2, 0.25) is 0 Å². The van der Waals surface area contributed by atoms with Gasteiger partial charge in [0.15, 0.2) is 5.82 Å². The van der Waals surface area contributed by atoms with Crippen molar-refractivity contribution in [3.8, 4) is 11.5 Å². The third kappa shape index (κ3) is 2.12. The highest BCUT2D eigenvalue weighted by atomic mass is 32.2. The average Bonchev–Trinajstić information content (AvgIpc) is 3.00. The lowest BCUT2D eigenvalue weighted by molar-refractivity contribution is 0.421. The number of nitrogen functional groups attached to an aromatic ring is 1. The van der Waals surface area contributed by atoms with Gasteiger partial charge in [-0.05, 0) is 24.7 Å². The molecule has 5 nitrogen and oxygen atoms in total. The van der Waals surface area contributed by atoms with E-state index in [0.717, 1.165) is 17.8 Å². The summed E-state index contributed by atoms with van der Waals surface area (Å²) in [4.78, 5) is 8.42. The maximum atomic E-state index is 5.67. The Hall–Kier alpha value is -1.56. The molecule has 0 radical (unpaired) electrons. The number of pyridine rings is 1. The third-order valence-electron chi connectivity index (χ3n) is 2.67. The maximum absolute atomic E-state index is 5.67. The highest BCUT2D eigenvalue weighted by Crippen LogP contribution is 2.38.